The Labute approximate surface area is 112 Å². The van der Waals surface area contributed by atoms with Gasteiger partial charge in [-0.1, -0.05) is 12.1 Å². The summed E-state index contributed by atoms with van der Waals surface area (Å²) in [6.07, 6.45) is 0. The molecule has 0 spiro atoms. The summed E-state index contributed by atoms with van der Waals surface area (Å²) in [5.74, 6) is 0.00370. The van der Waals surface area contributed by atoms with Crippen LogP contribution in [0, 0.1) is 20.8 Å². The number of rotatable bonds is 3. The lowest BCUT2D eigenvalue weighted by Gasteiger charge is -2.09. The first-order valence-electron chi connectivity index (χ1n) is 5.97. The van der Waals surface area contributed by atoms with Crippen LogP contribution in [0.15, 0.2) is 29.6 Å². The van der Waals surface area contributed by atoms with Crippen molar-refractivity contribution in [3.63, 3.8) is 0 Å². The molecule has 0 bridgehead atoms. The van der Waals surface area contributed by atoms with E-state index >= 15 is 0 Å². The highest BCUT2D eigenvalue weighted by Gasteiger charge is 2.10. The normalized spacial score (nSPS) is 10.4. The largest absolute Gasteiger partial charge is 0.347 e. The minimum atomic E-state index is 0.00370. The van der Waals surface area contributed by atoms with E-state index in [1.54, 1.807) is 11.3 Å². The molecule has 2 rings (SSSR count). The van der Waals surface area contributed by atoms with Gasteiger partial charge in [-0.25, -0.2) is 0 Å². The summed E-state index contributed by atoms with van der Waals surface area (Å²) in [7, 11) is 0. The summed E-state index contributed by atoms with van der Waals surface area (Å²) >= 11 is 1.68. The highest BCUT2D eigenvalue weighted by atomic mass is 32.1. The Bertz CT molecular complexity index is 572. The fourth-order valence-electron chi connectivity index (χ4n) is 1.84. The molecule has 3 heteroatoms. The second kappa shape index (κ2) is 5.36. The predicted molar refractivity (Wildman–Crippen MR) is 76.1 cm³/mol. The maximum absolute atomic E-state index is 12.1. The van der Waals surface area contributed by atoms with E-state index in [4.69, 9.17) is 0 Å². The fourth-order valence-corrected chi connectivity index (χ4v) is 2.68. The summed E-state index contributed by atoms with van der Waals surface area (Å²) in [4.78, 5) is 13.3. The maximum atomic E-state index is 12.1. The Balaban J connectivity index is 2.09. The second-order valence-electron chi connectivity index (χ2n) is 4.46. The van der Waals surface area contributed by atoms with E-state index in [1.165, 1.54) is 10.4 Å². The van der Waals surface area contributed by atoms with Crippen molar-refractivity contribution < 1.29 is 4.79 Å². The number of amides is 1. The van der Waals surface area contributed by atoms with Crippen molar-refractivity contribution in [3.05, 3.63) is 56.8 Å². The molecule has 1 amide bonds. The van der Waals surface area contributed by atoms with Crippen molar-refractivity contribution >= 4 is 17.2 Å². The molecule has 0 unspecified atom stereocenters. The summed E-state index contributed by atoms with van der Waals surface area (Å²) < 4.78 is 0. The molecule has 1 aromatic carbocycles. The zero-order valence-electron chi connectivity index (χ0n) is 10.9. The molecule has 0 aliphatic carbocycles. The van der Waals surface area contributed by atoms with E-state index in [9.17, 15) is 4.79 Å². The van der Waals surface area contributed by atoms with Crippen molar-refractivity contribution in [2.45, 2.75) is 27.3 Å². The number of nitrogens with one attached hydrogen (secondary N) is 1. The van der Waals surface area contributed by atoms with Gasteiger partial charge in [0.05, 0.1) is 6.54 Å². The van der Waals surface area contributed by atoms with Crippen molar-refractivity contribution in [2.75, 3.05) is 0 Å². The Morgan fingerprint density at radius 3 is 2.61 bits per heavy atom. The van der Waals surface area contributed by atoms with Gasteiger partial charge in [0.1, 0.15) is 0 Å². The van der Waals surface area contributed by atoms with Gasteiger partial charge in [0.15, 0.2) is 0 Å². The molecule has 1 N–H and O–H groups in total. The molecule has 94 valence electrons. The monoisotopic (exact) mass is 259 g/mol. The van der Waals surface area contributed by atoms with Crippen LogP contribution < -0.4 is 5.32 Å². The van der Waals surface area contributed by atoms with Gasteiger partial charge in [0, 0.05) is 10.4 Å². The van der Waals surface area contributed by atoms with Crippen LogP contribution in [0.3, 0.4) is 0 Å². The minimum Gasteiger partial charge on any atom is -0.347 e. The number of carbonyl (C=O) groups excluding carboxylic acids is 1. The van der Waals surface area contributed by atoms with Crippen LogP contribution >= 0.6 is 11.3 Å². The molecule has 1 heterocycles. The van der Waals surface area contributed by atoms with Crippen molar-refractivity contribution in [2.24, 2.45) is 0 Å². The molecule has 0 radical (unpaired) electrons. The number of aryl methyl sites for hydroxylation is 2. The van der Waals surface area contributed by atoms with E-state index < -0.39 is 0 Å². The van der Waals surface area contributed by atoms with Gasteiger partial charge in [0.2, 0.25) is 0 Å². The lowest BCUT2D eigenvalue weighted by Crippen LogP contribution is -2.23. The van der Waals surface area contributed by atoms with Crippen molar-refractivity contribution in [1.82, 2.24) is 5.32 Å². The number of thiophene rings is 1. The average Bonchev–Trinajstić information content (AvgIpc) is 2.75. The molecule has 2 nitrogen and oxygen atoms in total. The van der Waals surface area contributed by atoms with Crippen LogP contribution in [0.25, 0.3) is 0 Å². The number of hydrogen-bond acceptors (Lipinski definition) is 2. The summed E-state index contributed by atoms with van der Waals surface area (Å²) in [5.41, 5.74) is 4.21. The van der Waals surface area contributed by atoms with E-state index in [0.717, 1.165) is 16.7 Å². The van der Waals surface area contributed by atoms with E-state index in [-0.39, 0.29) is 5.91 Å². The number of carbonyl (C=O) groups is 1. The lowest BCUT2D eigenvalue weighted by molar-refractivity contribution is 0.0950. The molecule has 2 aromatic rings. The third kappa shape index (κ3) is 2.62. The van der Waals surface area contributed by atoms with E-state index in [1.807, 2.05) is 32.0 Å². The maximum Gasteiger partial charge on any atom is 0.251 e. The SMILES string of the molecule is Cc1ccsc1CNC(=O)c1cccc(C)c1C. The summed E-state index contributed by atoms with van der Waals surface area (Å²) in [6.45, 7) is 6.68. The van der Waals surface area contributed by atoms with Gasteiger partial charge in [-0.3, -0.25) is 4.79 Å². The molecule has 0 aliphatic rings. The average molecular weight is 259 g/mol. The number of hydrogen-bond donors (Lipinski definition) is 1. The first-order valence-corrected chi connectivity index (χ1v) is 6.85. The molecule has 1 aromatic heterocycles. The smallest absolute Gasteiger partial charge is 0.251 e. The summed E-state index contributed by atoms with van der Waals surface area (Å²) in [5, 5.41) is 5.03. The minimum absolute atomic E-state index is 0.00370. The van der Waals surface area contributed by atoms with Crippen LogP contribution in [0.4, 0.5) is 0 Å². The first kappa shape index (κ1) is 12.8. The third-order valence-corrected chi connectivity index (χ3v) is 4.25. The Hall–Kier alpha value is -1.61. The fraction of sp³-hybridized carbons (Fsp3) is 0.267. The zero-order chi connectivity index (χ0) is 13.1. The van der Waals surface area contributed by atoms with Crippen molar-refractivity contribution in [1.29, 1.82) is 0 Å². The zero-order valence-corrected chi connectivity index (χ0v) is 11.7. The molecule has 0 saturated carbocycles. The van der Waals surface area contributed by atoms with Gasteiger partial charge in [0.25, 0.3) is 5.91 Å². The Kier molecular flexibility index (Phi) is 3.82. The van der Waals surface area contributed by atoms with Crippen molar-refractivity contribution in [3.8, 4) is 0 Å². The van der Waals surface area contributed by atoms with Crippen LogP contribution in [0.5, 0.6) is 0 Å². The molecular formula is C15H17NOS. The van der Waals surface area contributed by atoms with Crippen LogP contribution in [0.1, 0.15) is 31.9 Å². The third-order valence-electron chi connectivity index (χ3n) is 3.23. The van der Waals surface area contributed by atoms with Gasteiger partial charge in [-0.05, 0) is 55.0 Å². The molecule has 0 fully saturated rings. The highest BCUT2D eigenvalue weighted by molar-refractivity contribution is 7.10. The molecule has 0 atom stereocenters. The molecular weight excluding hydrogens is 242 g/mol. The van der Waals surface area contributed by atoms with Gasteiger partial charge >= 0.3 is 0 Å². The molecule has 18 heavy (non-hydrogen) atoms. The topological polar surface area (TPSA) is 29.1 Å². The Morgan fingerprint density at radius 2 is 1.94 bits per heavy atom. The predicted octanol–water partition coefficient (Wildman–Crippen LogP) is 3.60. The molecule has 0 saturated heterocycles. The first-order chi connectivity index (χ1) is 8.59. The standard InChI is InChI=1S/C15H17NOS/c1-10-5-4-6-13(12(10)3)15(17)16-9-14-11(2)7-8-18-14/h4-8H,9H2,1-3H3,(H,16,17). The quantitative estimate of drug-likeness (QED) is 0.896. The Morgan fingerprint density at radius 1 is 1.17 bits per heavy atom. The molecule has 0 aliphatic heterocycles. The highest BCUT2D eigenvalue weighted by Crippen LogP contribution is 2.16. The van der Waals surface area contributed by atoms with E-state index in [2.05, 4.69) is 23.7 Å². The van der Waals surface area contributed by atoms with Gasteiger partial charge in [-0.15, -0.1) is 11.3 Å². The van der Waals surface area contributed by atoms with Gasteiger partial charge < -0.3 is 5.32 Å². The lowest BCUT2D eigenvalue weighted by atomic mass is 10.0. The van der Waals surface area contributed by atoms with Gasteiger partial charge in [-0.2, -0.15) is 0 Å². The number of benzene rings is 1. The van der Waals surface area contributed by atoms with Crippen LogP contribution in [0.2, 0.25) is 0 Å². The second-order valence-corrected chi connectivity index (χ2v) is 5.46. The summed E-state index contributed by atoms with van der Waals surface area (Å²) in [6, 6.07) is 7.90. The van der Waals surface area contributed by atoms with Crippen LogP contribution in [-0.2, 0) is 6.54 Å². The van der Waals surface area contributed by atoms with E-state index in [0.29, 0.717) is 6.54 Å². The van der Waals surface area contributed by atoms with Crippen LogP contribution in [-0.4, -0.2) is 5.91 Å².